The van der Waals surface area contributed by atoms with Crippen LogP contribution >= 0.6 is 23.8 Å². The van der Waals surface area contributed by atoms with Crippen LogP contribution in [0.1, 0.15) is 20.3 Å². The van der Waals surface area contributed by atoms with Crippen molar-refractivity contribution in [3.63, 3.8) is 0 Å². The van der Waals surface area contributed by atoms with Crippen LogP contribution in [-0.2, 0) is 11.3 Å². The number of hydrogen-bond acceptors (Lipinski definition) is 2. The third-order valence-corrected chi connectivity index (χ3v) is 3.42. The smallest absolute Gasteiger partial charge is 0.178 e. The van der Waals surface area contributed by atoms with Gasteiger partial charge in [0.1, 0.15) is 0 Å². The third kappa shape index (κ3) is 3.81. The SMILES string of the molecule is CC(C)COCCCn1c(=S)[nH]c2cc(Cl)ccc21. The highest BCUT2D eigenvalue weighted by molar-refractivity contribution is 7.71. The van der Waals surface area contributed by atoms with E-state index in [1.807, 2.05) is 18.2 Å². The molecule has 0 aliphatic heterocycles. The predicted molar refractivity (Wildman–Crippen MR) is 82.4 cm³/mol. The quantitative estimate of drug-likeness (QED) is 0.632. The summed E-state index contributed by atoms with van der Waals surface area (Å²) in [6.07, 6.45) is 0.955. The highest BCUT2D eigenvalue weighted by atomic mass is 35.5. The van der Waals surface area contributed by atoms with Gasteiger partial charge in [-0.2, -0.15) is 0 Å². The number of fused-ring (bicyclic) bond motifs is 1. The lowest BCUT2D eigenvalue weighted by Crippen LogP contribution is -2.06. The summed E-state index contributed by atoms with van der Waals surface area (Å²) < 4.78 is 8.42. The Hall–Kier alpha value is -0.840. The summed E-state index contributed by atoms with van der Waals surface area (Å²) in [5, 5.41) is 0.719. The highest BCUT2D eigenvalue weighted by Gasteiger charge is 2.04. The molecule has 1 N–H and O–H groups in total. The summed E-state index contributed by atoms with van der Waals surface area (Å²) in [6, 6.07) is 5.79. The topological polar surface area (TPSA) is 29.9 Å². The van der Waals surface area contributed by atoms with Crippen molar-refractivity contribution in [2.24, 2.45) is 5.92 Å². The van der Waals surface area contributed by atoms with Gasteiger partial charge in [-0.05, 0) is 42.8 Å². The van der Waals surface area contributed by atoms with Crippen LogP contribution in [0, 0.1) is 10.7 Å². The molecule has 0 fully saturated rings. The van der Waals surface area contributed by atoms with E-state index in [9.17, 15) is 0 Å². The first-order valence-electron chi connectivity index (χ1n) is 6.53. The maximum absolute atomic E-state index is 5.97. The van der Waals surface area contributed by atoms with Gasteiger partial charge in [0.05, 0.1) is 11.0 Å². The van der Waals surface area contributed by atoms with E-state index in [2.05, 4.69) is 23.4 Å². The number of aromatic amines is 1. The molecule has 2 aromatic rings. The lowest BCUT2D eigenvalue weighted by Gasteiger charge is -2.07. The fourth-order valence-corrected chi connectivity index (χ4v) is 2.47. The standard InChI is InChI=1S/C14H19ClN2OS/c1-10(2)9-18-7-3-6-17-13-5-4-11(15)8-12(13)16-14(17)19/h4-5,8,10H,3,6-7,9H2,1-2H3,(H,16,19). The Balaban J connectivity index is 2.00. The Bertz CT molecular complexity index is 603. The van der Waals surface area contributed by atoms with E-state index >= 15 is 0 Å². The predicted octanol–water partition coefficient (Wildman–Crippen LogP) is 4.41. The molecule has 0 amide bonds. The summed E-state index contributed by atoms with van der Waals surface area (Å²) in [5.74, 6) is 0.581. The summed E-state index contributed by atoms with van der Waals surface area (Å²) in [5.41, 5.74) is 2.08. The molecule has 0 saturated heterocycles. The van der Waals surface area contributed by atoms with E-state index < -0.39 is 0 Å². The Morgan fingerprint density at radius 3 is 2.95 bits per heavy atom. The van der Waals surface area contributed by atoms with Crippen LogP contribution in [0.15, 0.2) is 18.2 Å². The van der Waals surface area contributed by atoms with Gasteiger partial charge in [0.2, 0.25) is 0 Å². The minimum absolute atomic E-state index is 0.581. The van der Waals surface area contributed by atoms with Crippen molar-refractivity contribution in [2.45, 2.75) is 26.8 Å². The van der Waals surface area contributed by atoms with Crippen LogP contribution in [-0.4, -0.2) is 22.8 Å². The largest absolute Gasteiger partial charge is 0.381 e. The van der Waals surface area contributed by atoms with Crippen LogP contribution in [0.4, 0.5) is 0 Å². The molecule has 1 heterocycles. The van der Waals surface area contributed by atoms with Gasteiger partial charge in [0.15, 0.2) is 4.77 Å². The van der Waals surface area contributed by atoms with E-state index in [0.717, 1.165) is 47.0 Å². The highest BCUT2D eigenvalue weighted by Crippen LogP contribution is 2.19. The molecular weight excluding hydrogens is 280 g/mol. The second-order valence-electron chi connectivity index (χ2n) is 5.07. The number of imidazole rings is 1. The molecule has 0 atom stereocenters. The van der Waals surface area contributed by atoms with Gasteiger partial charge in [-0.3, -0.25) is 0 Å². The van der Waals surface area contributed by atoms with Crippen LogP contribution in [0.25, 0.3) is 11.0 Å². The fraction of sp³-hybridized carbons (Fsp3) is 0.500. The van der Waals surface area contributed by atoms with Crippen LogP contribution in [0.5, 0.6) is 0 Å². The molecule has 0 aliphatic carbocycles. The van der Waals surface area contributed by atoms with Gasteiger partial charge in [0.25, 0.3) is 0 Å². The van der Waals surface area contributed by atoms with Crippen LogP contribution in [0.2, 0.25) is 5.02 Å². The Kier molecular flexibility index (Phi) is 5.02. The van der Waals surface area contributed by atoms with Gasteiger partial charge in [-0.15, -0.1) is 0 Å². The van der Waals surface area contributed by atoms with Crippen molar-refractivity contribution < 1.29 is 4.74 Å². The molecule has 0 bridgehead atoms. The Morgan fingerprint density at radius 2 is 2.21 bits per heavy atom. The van der Waals surface area contributed by atoms with Crippen molar-refractivity contribution in [2.75, 3.05) is 13.2 Å². The van der Waals surface area contributed by atoms with Crippen molar-refractivity contribution in [1.82, 2.24) is 9.55 Å². The maximum Gasteiger partial charge on any atom is 0.178 e. The van der Waals surface area contributed by atoms with Gasteiger partial charge in [-0.25, -0.2) is 0 Å². The zero-order chi connectivity index (χ0) is 13.8. The lowest BCUT2D eigenvalue weighted by molar-refractivity contribution is 0.105. The summed E-state index contributed by atoms with van der Waals surface area (Å²) in [7, 11) is 0. The van der Waals surface area contributed by atoms with Crippen LogP contribution in [0.3, 0.4) is 0 Å². The van der Waals surface area contributed by atoms with E-state index in [-0.39, 0.29) is 0 Å². The number of aryl methyl sites for hydroxylation is 1. The summed E-state index contributed by atoms with van der Waals surface area (Å²) in [6.45, 7) is 6.74. The van der Waals surface area contributed by atoms with Crippen molar-refractivity contribution in [3.05, 3.63) is 28.0 Å². The molecule has 3 nitrogen and oxygen atoms in total. The maximum atomic E-state index is 5.97. The number of aromatic nitrogens is 2. The first-order valence-corrected chi connectivity index (χ1v) is 7.32. The second kappa shape index (κ2) is 6.55. The number of halogens is 1. The van der Waals surface area contributed by atoms with Gasteiger partial charge in [0, 0.05) is 24.8 Å². The molecule has 0 radical (unpaired) electrons. The lowest BCUT2D eigenvalue weighted by atomic mass is 10.2. The van der Waals surface area contributed by atoms with E-state index in [1.165, 1.54) is 0 Å². The van der Waals surface area contributed by atoms with Gasteiger partial charge < -0.3 is 14.3 Å². The number of benzene rings is 1. The van der Waals surface area contributed by atoms with Gasteiger partial charge >= 0.3 is 0 Å². The van der Waals surface area contributed by atoms with Crippen molar-refractivity contribution >= 4 is 34.9 Å². The van der Waals surface area contributed by atoms with E-state index in [4.69, 9.17) is 28.6 Å². The number of nitrogens with zero attached hydrogens (tertiary/aromatic N) is 1. The molecular formula is C14H19ClN2OS. The molecule has 1 aromatic heterocycles. The Morgan fingerprint density at radius 1 is 1.42 bits per heavy atom. The van der Waals surface area contributed by atoms with Crippen molar-refractivity contribution in [3.8, 4) is 0 Å². The van der Waals surface area contributed by atoms with Crippen LogP contribution < -0.4 is 0 Å². The molecule has 0 aliphatic rings. The van der Waals surface area contributed by atoms with Crippen molar-refractivity contribution in [1.29, 1.82) is 0 Å². The number of rotatable bonds is 6. The first-order chi connectivity index (χ1) is 9.08. The molecule has 0 spiro atoms. The molecule has 1 aromatic carbocycles. The van der Waals surface area contributed by atoms with Gasteiger partial charge in [-0.1, -0.05) is 25.4 Å². The van der Waals surface area contributed by atoms with E-state index in [0.29, 0.717) is 5.92 Å². The number of hydrogen-bond donors (Lipinski definition) is 1. The molecule has 104 valence electrons. The second-order valence-corrected chi connectivity index (χ2v) is 5.89. The average molecular weight is 299 g/mol. The minimum Gasteiger partial charge on any atom is -0.381 e. The zero-order valence-corrected chi connectivity index (χ0v) is 12.9. The normalized spacial score (nSPS) is 11.6. The first kappa shape index (κ1) is 14.6. The molecule has 5 heteroatoms. The number of H-pyrrole nitrogens is 1. The average Bonchev–Trinajstić information content (AvgIpc) is 2.64. The number of nitrogens with one attached hydrogen (secondary N) is 1. The molecule has 0 saturated carbocycles. The molecule has 2 rings (SSSR count). The zero-order valence-electron chi connectivity index (χ0n) is 11.3. The fourth-order valence-electron chi connectivity index (χ4n) is 2.00. The molecule has 19 heavy (non-hydrogen) atoms. The van der Waals surface area contributed by atoms with E-state index in [1.54, 1.807) is 0 Å². The number of ether oxygens (including phenoxy) is 1. The monoisotopic (exact) mass is 298 g/mol. The minimum atomic E-state index is 0.581. The summed E-state index contributed by atoms with van der Waals surface area (Å²) in [4.78, 5) is 3.18. The summed E-state index contributed by atoms with van der Waals surface area (Å²) >= 11 is 11.3. The molecule has 0 unspecified atom stereocenters. The Labute approximate surface area is 123 Å². The third-order valence-electron chi connectivity index (χ3n) is 2.86.